The average Bonchev–Trinajstić information content (AvgIpc) is 3.43. The number of carbonyl (C=O) groups is 2. The molecule has 1 amide bonds. The molecular formula is C38H34N3O2+. The first-order valence-electron chi connectivity index (χ1n) is 14.6. The number of para-hydroxylation sites is 1. The van der Waals surface area contributed by atoms with Gasteiger partial charge in [0.15, 0.2) is 18.2 Å². The highest BCUT2D eigenvalue weighted by Gasteiger charge is 2.20. The first-order chi connectivity index (χ1) is 21.0. The number of fused-ring (bicyclic) bond motifs is 1. The number of aromatic nitrogens is 1. The first-order valence-corrected chi connectivity index (χ1v) is 14.6. The van der Waals surface area contributed by atoms with Crippen molar-refractivity contribution in [1.29, 1.82) is 0 Å². The van der Waals surface area contributed by atoms with Crippen molar-refractivity contribution < 1.29 is 14.2 Å². The van der Waals surface area contributed by atoms with E-state index >= 15 is 0 Å². The first kappa shape index (κ1) is 27.9. The van der Waals surface area contributed by atoms with Crippen LogP contribution in [0.5, 0.6) is 0 Å². The molecule has 4 aromatic carbocycles. The molecule has 5 heteroatoms. The van der Waals surface area contributed by atoms with E-state index in [1.807, 2.05) is 71.6 Å². The number of hydrogen-bond acceptors (Lipinski definition) is 3. The van der Waals surface area contributed by atoms with E-state index in [9.17, 15) is 9.59 Å². The molecule has 0 spiro atoms. The second-order valence-corrected chi connectivity index (χ2v) is 11.0. The number of amides is 1. The van der Waals surface area contributed by atoms with Crippen molar-refractivity contribution in [3.63, 3.8) is 0 Å². The standard InChI is InChI=1S/C38H33N3O2/c1-28(42)26-40-21-18-33(19-22-40)36(38(43)39-35-10-6-3-7-11-35)25-30-14-17-37-34(24-30)20-23-41(37)27-29-12-15-32(16-13-29)31-8-4-2-5-9-31/h2-19,21-22,24-25H,20,23,26-27H2,1H3/p+1. The van der Waals surface area contributed by atoms with Gasteiger partial charge in [0.1, 0.15) is 0 Å². The number of nitrogens with one attached hydrogen (secondary N) is 1. The van der Waals surface area contributed by atoms with Crippen molar-refractivity contribution in [3.05, 3.63) is 150 Å². The van der Waals surface area contributed by atoms with E-state index in [1.165, 1.54) is 27.9 Å². The van der Waals surface area contributed by atoms with Gasteiger partial charge >= 0.3 is 0 Å². The lowest BCUT2D eigenvalue weighted by molar-refractivity contribution is -0.684. The SMILES string of the molecule is CC(=O)C[n+]1ccc(/C(=C/c2ccc3c(c2)CCN3Cc2ccc(-c3ccccc3)cc2)C(=O)Nc2ccccc2)cc1. The number of hydrogen-bond donors (Lipinski definition) is 1. The van der Waals surface area contributed by atoms with E-state index in [-0.39, 0.29) is 11.7 Å². The zero-order valence-corrected chi connectivity index (χ0v) is 24.2. The van der Waals surface area contributed by atoms with Crippen LogP contribution in [0.15, 0.2) is 128 Å². The van der Waals surface area contributed by atoms with Crippen LogP contribution in [0.3, 0.4) is 0 Å². The molecule has 212 valence electrons. The summed E-state index contributed by atoms with van der Waals surface area (Å²) in [5.74, 6) is -0.108. The van der Waals surface area contributed by atoms with Crippen LogP contribution >= 0.6 is 0 Å². The number of pyridine rings is 1. The highest BCUT2D eigenvalue weighted by Crippen LogP contribution is 2.32. The Labute approximate surface area is 252 Å². The third kappa shape index (κ3) is 6.79. The van der Waals surface area contributed by atoms with Gasteiger partial charge in [-0.3, -0.25) is 9.59 Å². The Morgan fingerprint density at radius 3 is 2.19 bits per heavy atom. The Kier molecular flexibility index (Phi) is 8.23. The van der Waals surface area contributed by atoms with Gasteiger partial charge < -0.3 is 10.2 Å². The lowest BCUT2D eigenvalue weighted by Crippen LogP contribution is -2.36. The molecule has 0 unspecified atom stereocenters. The van der Waals surface area contributed by atoms with Gasteiger partial charge in [-0.05, 0) is 70.1 Å². The molecule has 6 rings (SSSR count). The molecule has 5 aromatic rings. The third-order valence-electron chi connectivity index (χ3n) is 7.72. The van der Waals surface area contributed by atoms with E-state index in [4.69, 9.17) is 0 Å². The molecule has 0 fully saturated rings. The normalized spacial score (nSPS) is 12.6. The Balaban J connectivity index is 1.23. The quantitative estimate of drug-likeness (QED) is 0.155. The second-order valence-electron chi connectivity index (χ2n) is 11.0. The van der Waals surface area contributed by atoms with Crippen LogP contribution in [0.25, 0.3) is 22.8 Å². The molecular weight excluding hydrogens is 530 g/mol. The van der Waals surface area contributed by atoms with Crippen LogP contribution in [0.4, 0.5) is 11.4 Å². The summed E-state index contributed by atoms with van der Waals surface area (Å²) in [6.07, 6.45) is 6.59. The van der Waals surface area contributed by atoms with E-state index in [0.29, 0.717) is 12.1 Å². The second kappa shape index (κ2) is 12.7. The van der Waals surface area contributed by atoms with Crippen molar-refractivity contribution >= 4 is 34.7 Å². The molecule has 1 aromatic heterocycles. The van der Waals surface area contributed by atoms with Crippen molar-refractivity contribution in [3.8, 4) is 11.1 Å². The number of rotatable bonds is 9. The summed E-state index contributed by atoms with van der Waals surface area (Å²) in [6.45, 7) is 3.68. The Morgan fingerprint density at radius 2 is 1.49 bits per heavy atom. The molecule has 1 aliphatic heterocycles. The predicted molar refractivity (Wildman–Crippen MR) is 173 cm³/mol. The molecule has 0 radical (unpaired) electrons. The van der Waals surface area contributed by atoms with Gasteiger partial charge in [-0.1, -0.05) is 78.9 Å². The lowest BCUT2D eigenvalue weighted by atomic mass is 10.0. The number of Topliss-reactive ketones (excluding diaryl/α,β-unsaturated/α-hetero) is 1. The summed E-state index contributed by atoms with van der Waals surface area (Å²) >= 11 is 0. The Morgan fingerprint density at radius 1 is 0.814 bits per heavy atom. The predicted octanol–water partition coefficient (Wildman–Crippen LogP) is 6.97. The highest BCUT2D eigenvalue weighted by atomic mass is 16.1. The monoisotopic (exact) mass is 564 g/mol. The van der Waals surface area contributed by atoms with Gasteiger partial charge in [0.25, 0.3) is 5.91 Å². The fourth-order valence-corrected chi connectivity index (χ4v) is 5.56. The van der Waals surface area contributed by atoms with E-state index in [1.54, 1.807) is 6.92 Å². The van der Waals surface area contributed by atoms with Gasteiger partial charge in [0.05, 0.1) is 0 Å². The van der Waals surface area contributed by atoms with Crippen LogP contribution in [0.1, 0.15) is 29.2 Å². The fourth-order valence-electron chi connectivity index (χ4n) is 5.56. The van der Waals surface area contributed by atoms with E-state index in [0.717, 1.165) is 36.3 Å². The van der Waals surface area contributed by atoms with Crippen molar-refractivity contribution in [2.24, 2.45) is 0 Å². The minimum absolute atomic E-state index is 0.0757. The average molecular weight is 565 g/mol. The molecule has 5 nitrogen and oxygen atoms in total. The third-order valence-corrected chi connectivity index (χ3v) is 7.72. The summed E-state index contributed by atoms with van der Waals surface area (Å²) in [6, 6.07) is 39.0. The molecule has 1 N–H and O–H groups in total. The van der Waals surface area contributed by atoms with Crippen molar-refractivity contribution in [1.82, 2.24) is 0 Å². The van der Waals surface area contributed by atoms with Gasteiger partial charge in [0, 0.05) is 49.1 Å². The zero-order chi connectivity index (χ0) is 29.6. The Hall–Kier alpha value is -5.29. The minimum atomic E-state index is -0.184. The number of nitrogens with zero attached hydrogens (tertiary/aromatic N) is 2. The van der Waals surface area contributed by atoms with Crippen LogP contribution < -0.4 is 14.8 Å². The smallest absolute Gasteiger partial charge is 0.256 e. The number of benzene rings is 4. The molecule has 0 bridgehead atoms. The maximum atomic E-state index is 13.5. The Bertz CT molecular complexity index is 1760. The van der Waals surface area contributed by atoms with Gasteiger partial charge in [0.2, 0.25) is 6.54 Å². The zero-order valence-electron chi connectivity index (χ0n) is 24.2. The van der Waals surface area contributed by atoms with Crippen LogP contribution in [-0.4, -0.2) is 18.2 Å². The molecule has 0 aliphatic carbocycles. The number of carbonyl (C=O) groups excluding carboxylic acids is 2. The fraction of sp³-hybridized carbons (Fsp3) is 0.132. The minimum Gasteiger partial charge on any atom is -0.367 e. The maximum Gasteiger partial charge on any atom is 0.256 e. The molecule has 1 aliphatic rings. The van der Waals surface area contributed by atoms with Gasteiger partial charge in [-0.25, -0.2) is 0 Å². The molecule has 43 heavy (non-hydrogen) atoms. The summed E-state index contributed by atoms with van der Waals surface area (Å²) < 4.78 is 1.82. The maximum absolute atomic E-state index is 13.5. The van der Waals surface area contributed by atoms with Gasteiger partial charge in [-0.15, -0.1) is 0 Å². The van der Waals surface area contributed by atoms with E-state index < -0.39 is 0 Å². The van der Waals surface area contributed by atoms with Crippen LogP contribution in [0.2, 0.25) is 0 Å². The summed E-state index contributed by atoms with van der Waals surface area (Å²) in [5.41, 5.74) is 9.32. The highest BCUT2D eigenvalue weighted by molar-refractivity contribution is 6.29. The number of ketones is 1. The van der Waals surface area contributed by atoms with Gasteiger partial charge in [-0.2, -0.15) is 4.57 Å². The molecule has 0 saturated carbocycles. The van der Waals surface area contributed by atoms with Crippen LogP contribution in [-0.2, 0) is 29.1 Å². The topological polar surface area (TPSA) is 53.3 Å². The molecule has 0 saturated heterocycles. The summed E-state index contributed by atoms with van der Waals surface area (Å²) in [5, 5.41) is 3.03. The summed E-state index contributed by atoms with van der Waals surface area (Å²) in [7, 11) is 0. The van der Waals surface area contributed by atoms with Crippen molar-refractivity contribution in [2.75, 3.05) is 16.8 Å². The van der Waals surface area contributed by atoms with Crippen molar-refractivity contribution in [2.45, 2.75) is 26.4 Å². The lowest BCUT2D eigenvalue weighted by Gasteiger charge is -2.20. The van der Waals surface area contributed by atoms with Crippen LogP contribution in [0, 0.1) is 0 Å². The molecule has 0 atom stereocenters. The number of anilines is 2. The van der Waals surface area contributed by atoms with E-state index in [2.05, 4.69) is 76.9 Å². The summed E-state index contributed by atoms with van der Waals surface area (Å²) in [4.78, 5) is 27.5. The largest absolute Gasteiger partial charge is 0.367 e. The molecule has 2 heterocycles.